The van der Waals surface area contributed by atoms with Gasteiger partial charge in [-0.2, -0.15) is 18.2 Å². The van der Waals surface area contributed by atoms with E-state index in [0.29, 0.717) is 5.56 Å². The van der Waals surface area contributed by atoms with Gasteiger partial charge in [-0.1, -0.05) is 64.9 Å². The lowest BCUT2D eigenvalue weighted by atomic mass is 9.96. The number of aromatic nitrogens is 3. The van der Waals surface area contributed by atoms with Crippen LogP contribution in [0, 0.1) is 0 Å². The molecule has 214 valence electrons. The Morgan fingerprint density at radius 1 is 1.05 bits per heavy atom. The number of amides is 2. The zero-order valence-corrected chi connectivity index (χ0v) is 21.6. The van der Waals surface area contributed by atoms with Gasteiger partial charge in [-0.15, -0.1) is 0 Å². The van der Waals surface area contributed by atoms with Crippen LogP contribution in [0.3, 0.4) is 0 Å². The van der Waals surface area contributed by atoms with Gasteiger partial charge in [0.1, 0.15) is 11.3 Å². The van der Waals surface area contributed by atoms with Crippen molar-refractivity contribution in [3.8, 4) is 34.3 Å². The average Bonchev–Trinajstić information content (AvgIpc) is 3.59. The minimum absolute atomic E-state index is 0.00459. The monoisotopic (exact) mass is 571 g/mol. The van der Waals surface area contributed by atoms with Crippen LogP contribution in [-0.4, -0.2) is 67.5 Å². The predicted octanol–water partition coefficient (Wildman–Crippen LogP) is 3.21. The number of carbonyl (C=O) groups excluding carboxylic acids is 2. The van der Waals surface area contributed by atoms with Crippen LogP contribution in [0.2, 0.25) is 0 Å². The van der Waals surface area contributed by atoms with Gasteiger partial charge in [0.2, 0.25) is 17.5 Å². The van der Waals surface area contributed by atoms with Crippen LogP contribution in [0.1, 0.15) is 30.6 Å². The summed E-state index contributed by atoms with van der Waals surface area (Å²) in [5.41, 5.74) is -1.70. The van der Waals surface area contributed by atoms with Crippen LogP contribution < -0.4 is 5.32 Å². The number of hydrogen-bond acceptors (Lipinski definition) is 9. The van der Waals surface area contributed by atoms with E-state index in [1.807, 2.05) is 0 Å². The molecule has 0 aliphatic carbocycles. The number of β-amino-alcohol motifs (C(OH)–C–C–N with tert-alkyl or cyclic N) is 1. The second-order valence-electron chi connectivity index (χ2n) is 9.83. The Bertz CT molecular complexity index is 1540. The van der Waals surface area contributed by atoms with Crippen molar-refractivity contribution in [3.05, 3.63) is 65.7 Å². The summed E-state index contributed by atoms with van der Waals surface area (Å²) >= 11 is 0. The number of rotatable bonds is 8. The number of hydrogen-bond donors (Lipinski definition) is 3. The molecular formula is C27H24F3N5O6. The van der Waals surface area contributed by atoms with Crippen molar-refractivity contribution in [2.24, 2.45) is 0 Å². The number of nitrogens with one attached hydrogen (secondary N) is 1. The first-order valence-electron chi connectivity index (χ1n) is 12.5. The van der Waals surface area contributed by atoms with E-state index in [1.165, 1.54) is 41.3 Å². The summed E-state index contributed by atoms with van der Waals surface area (Å²) in [5, 5.41) is 29.9. The molecule has 14 heteroatoms. The number of aliphatic hydroxyl groups is 2. The van der Waals surface area contributed by atoms with Crippen molar-refractivity contribution in [2.45, 2.75) is 31.2 Å². The van der Waals surface area contributed by atoms with Crippen molar-refractivity contribution in [2.75, 3.05) is 19.6 Å². The summed E-state index contributed by atoms with van der Waals surface area (Å²) in [5.74, 6) is -2.25. The summed E-state index contributed by atoms with van der Waals surface area (Å²) < 4.78 is 51.9. The molecule has 1 saturated heterocycles. The summed E-state index contributed by atoms with van der Waals surface area (Å²) in [7, 11) is 0. The number of likely N-dealkylation sites (tertiary alicyclic amines) is 1. The fourth-order valence-corrected chi connectivity index (χ4v) is 4.39. The van der Waals surface area contributed by atoms with Gasteiger partial charge >= 0.3 is 6.18 Å². The lowest BCUT2D eigenvalue weighted by Gasteiger charge is -2.44. The van der Waals surface area contributed by atoms with E-state index in [2.05, 4.69) is 20.6 Å². The van der Waals surface area contributed by atoms with Crippen LogP contribution in [0.4, 0.5) is 13.2 Å². The molecule has 1 unspecified atom stereocenters. The van der Waals surface area contributed by atoms with Crippen LogP contribution in [0.25, 0.3) is 34.3 Å². The molecule has 0 radical (unpaired) electrons. The Labute approximate surface area is 230 Å². The third kappa shape index (κ3) is 5.98. The topological polar surface area (TPSA) is 155 Å². The van der Waals surface area contributed by atoms with Crippen LogP contribution in [0.5, 0.6) is 0 Å². The molecule has 0 bridgehead atoms. The molecule has 3 N–H and O–H groups in total. The summed E-state index contributed by atoms with van der Waals surface area (Å²) in [6.45, 7) is 2.09. The molecule has 41 heavy (non-hydrogen) atoms. The van der Waals surface area contributed by atoms with Gasteiger partial charge in [0, 0.05) is 24.1 Å². The van der Waals surface area contributed by atoms with Gasteiger partial charge in [-0.25, -0.2) is 0 Å². The maximum absolute atomic E-state index is 14.0. The molecular weight excluding hydrogens is 547 g/mol. The number of alkyl halides is 3. The first-order chi connectivity index (χ1) is 19.4. The van der Waals surface area contributed by atoms with Crippen molar-refractivity contribution in [1.82, 2.24) is 25.5 Å². The highest BCUT2D eigenvalue weighted by Gasteiger charge is 2.43. The molecule has 0 spiro atoms. The smallest absolute Gasteiger partial charge is 0.386 e. The summed E-state index contributed by atoms with van der Waals surface area (Å²) in [6, 6.07) is 13.5. The van der Waals surface area contributed by atoms with E-state index in [1.54, 1.807) is 25.1 Å². The van der Waals surface area contributed by atoms with E-state index in [4.69, 9.17) is 9.05 Å². The van der Waals surface area contributed by atoms with Gasteiger partial charge in [-0.05, 0) is 12.5 Å². The fraction of sp³-hybridized carbons (Fsp3) is 0.296. The normalized spacial score (nSPS) is 15.3. The Kier molecular flexibility index (Phi) is 7.36. The highest BCUT2D eigenvalue weighted by atomic mass is 19.4. The molecule has 2 aromatic heterocycles. The molecule has 3 heterocycles. The number of carbonyl (C=O) groups is 2. The van der Waals surface area contributed by atoms with Crippen molar-refractivity contribution < 1.29 is 42.0 Å². The fourth-order valence-electron chi connectivity index (χ4n) is 4.39. The maximum atomic E-state index is 14.0. The first kappa shape index (κ1) is 28.0. The molecule has 11 nitrogen and oxygen atoms in total. The predicted molar refractivity (Wildman–Crippen MR) is 135 cm³/mol. The van der Waals surface area contributed by atoms with Gasteiger partial charge in [0.05, 0.1) is 18.7 Å². The minimum Gasteiger partial charge on any atom is -0.386 e. The molecule has 2 amide bonds. The van der Waals surface area contributed by atoms with E-state index < -0.39 is 46.7 Å². The maximum Gasteiger partial charge on any atom is 0.422 e. The second kappa shape index (κ2) is 10.8. The number of halogens is 3. The molecule has 1 aliphatic heterocycles. The summed E-state index contributed by atoms with van der Waals surface area (Å²) in [6.07, 6.45) is -6.34. The average molecular weight is 572 g/mol. The SMILES string of the molecule is CC1(O)CN(C(=O)CCNC(=O)C(O)c2ccc(-c3noc(-c4onc(-c5ccccc5)c4C(F)(F)F)n3)cc2)C1. The molecule has 1 atom stereocenters. The molecule has 1 fully saturated rings. The molecule has 2 aromatic carbocycles. The molecule has 4 aromatic rings. The minimum atomic E-state index is -4.82. The Morgan fingerprint density at radius 3 is 2.37 bits per heavy atom. The van der Waals surface area contributed by atoms with Crippen LogP contribution in [0.15, 0.2) is 63.6 Å². The van der Waals surface area contributed by atoms with E-state index in [-0.39, 0.29) is 48.9 Å². The Hall–Kier alpha value is -4.56. The van der Waals surface area contributed by atoms with Crippen LogP contribution >= 0.6 is 0 Å². The quantitative estimate of drug-likeness (QED) is 0.289. The zero-order valence-electron chi connectivity index (χ0n) is 21.6. The van der Waals surface area contributed by atoms with Crippen molar-refractivity contribution in [3.63, 3.8) is 0 Å². The van der Waals surface area contributed by atoms with Gasteiger partial charge in [0.25, 0.3) is 11.8 Å². The standard InChI is InChI=1S/C27H24F3N5O6/c1-26(39)13-35(14-26)18(36)11-12-31-24(38)21(37)16-7-9-17(10-8-16)23-32-25(41-34-23)22-19(27(28,29)30)20(33-40-22)15-5-3-2-4-6-15/h2-10,21,37,39H,11-14H2,1H3,(H,31,38). The van der Waals surface area contributed by atoms with Crippen LogP contribution in [-0.2, 0) is 15.8 Å². The number of aliphatic hydroxyl groups excluding tert-OH is 1. The Morgan fingerprint density at radius 2 is 1.73 bits per heavy atom. The van der Waals surface area contributed by atoms with E-state index in [0.717, 1.165) is 0 Å². The number of nitrogens with zero attached hydrogens (tertiary/aromatic N) is 4. The van der Waals surface area contributed by atoms with E-state index >= 15 is 0 Å². The lowest BCUT2D eigenvalue weighted by molar-refractivity contribution is -0.152. The first-order valence-corrected chi connectivity index (χ1v) is 12.5. The highest BCUT2D eigenvalue weighted by Crippen LogP contribution is 2.43. The van der Waals surface area contributed by atoms with Crippen molar-refractivity contribution in [1.29, 1.82) is 0 Å². The van der Waals surface area contributed by atoms with E-state index in [9.17, 15) is 33.0 Å². The van der Waals surface area contributed by atoms with Gasteiger partial charge in [-0.3, -0.25) is 9.59 Å². The van der Waals surface area contributed by atoms with Gasteiger partial charge < -0.3 is 29.5 Å². The third-order valence-corrected chi connectivity index (χ3v) is 6.43. The van der Waals surface area contributed by atoms with Gasteiger partial charge in [0.15, 0.2) is 6.10 Å². The highest BCUT2D eigenvalue weighted by molar-refractivity contribution is 5.83. The molecule has 1 aliphatic rings. The Balaban J connectivity index is 1.24. The largest absolute Gasteiger partial charge is 0.422 e. The zero-order chi connectivity index (χ0) is 29.4. The van der Waals surface area contributed by atoms with Crippen molar-refractivity contribution >= 4 is 11.8 Å². The third-order valence-electron chi connectivity index (χ3n) is 6.43. The summed E-state index contributed by atoms with van der Waals surface area (Å²) in [4.78, 5) is 29.9. The molecule has 0 saturated carbocycles. The lowest BCUT2D eigenvalue weighted by Crippen LogP contribution is -2.61. The molecule has 5 rings (SSSR count). The second-order valence-corrected chi connectivity index (χ2v) is 9.83. The number of benzene rings is 2.